The van der Waals surface area contributed by atoms with E-state index in [9.17, 15) is 21.6 Å². The van der Waals surface area contributed by atoms with E-state index in [4.69, 9.17) is 4.52 Å². The van der Waals surface area contributed by atoms with Gasteiger partial charge in [0.1, 0.15) is 12.1 Å². The quantitative estimate of drug-likeness (QED) is 0.378. The van der Waals surface area contributed by atoms with Gasteiger partial charge in [0.2, 0.25) is 5.88 Å². The molecule has 0 unspecified atom stereocenters. The van der Waals surface area contributed by atoms with Gasteiger partial charge in [0.15, 0.2) is 0 Å². The average molecular weight is 489 g/mol. The van der Waals surface area contributed by atoms with Gasteiger partial charge in [-0.3, -0.25) is 0 Å². The summed E-state index contributed by atoms with van der Waals surface area (Å²) >= 11 is 0. The van der Waals surface area contributed by atoms with E-state index in [1.807, 2.05) is 0 Å². The lowest BCUT2D eigenvalue weighted by atomic mass is 10.1. The molecule has 0 aliphatic carbocycles. The second-order valence-corrected chi connectivity index (χ2v) is 9.03. The van der Waals surface area contributed by atoms with Crippen LogP contribution in [0.3, 0.4) is 0 Å². The number of nitrogens with one attached hydrogen (secondary N) is 2. The van der Waals surface area contributed by atoms with Crippen LogP contribution in [0, 0.1) is 13.8 Å². The molecule has 0 saturated heterocycles. The fourth-order valence-electron chi connectivity index (χ4n) is 3.00. The molecule has 4 aromatic rings. The molecule has 0 fully saturated rings. The summed E-state index contributed by atoms with van der Waals surface area (Å²) in [6.07, 6.45) is -3.24. The van der Waals surface area contributed by atoms with Crippen LogP contribution in [-0.4, -0.2) is 23.5 Å². The number of anilines is 3. The second-order valence-electron chi connectivity index (χ2n) is 7.34. The van der Waals surface area contributed by atoms with E-state index in [0.29, 0.717) is 28.5 Å². The van der Waals surface area contributed by atoms with Crippen molar-refractivity contribution in [2.75, 3.05) is 10.0 Å². The number of sulfonamides is 1. The van der Waals surface area contributed by atoms with Crippen molar-refractivity contribution in [2.45, 2.75) is 24.9 Å². The minimum Gasteiger partial charge on any atom is -0.340 e. The monoisotopic (exact) mass is 489 g/mol. The highest BCUT2D eigenvalue weighted by molar-refractivity contribution is 7.92. The van der Waals surface area contributed by atoms with Crippen molar-refractivity contribution in [1.82, 2.24) is 15.1 Å². The number of hydrogen-bond acceptors (Lipinski definition) is 7. The van der Waals surface area contributed by atoms with Gasteiger partial charge in [0.05, 0.1) is 21.8 Å². The number of halogens is 3. The number of benzene rings is 2. The van der Waals surface area contributed by atoms with Crippen LogP contribution in [0.2, 0.25) is 0 Å². The van der Waals surface area contributed by atoms with E-state index >= 15 is 0 Å². The summed E-state index contributed by atoms with van der Waals surface area (Å²) in [6, 6.07) is 12.1. The average Bonchev–Trinajstić information content (AvgIpc) is 3.11. The summed E-state index contributed by atoms with van der Waals surface area (Å²) in [5, 5.41) is 6.70. The fourth-order valence-corrected chi connectivity index (χ4v) is 4.04. The molecule has 0 aliphatic heterocycles. The number of nitrogens with zero attached hydrogens (tertiary/aromatic N) is 3. The second kappa shape index (κ2) is 8.78. The van der Waals surface area contributed by atoms with Gasteiger partial charge in [-0.25, -0.2) is 23.1 Å². The molecule has 176 valence electrons. The Morgan fingerprint density at radius 3 is 2.35 bits per heavy atom. The Balaban J connectivity index is 1.52. The van der Waals surface area contributed by atoms with Crippen LogP contribution >= 0.6 is 0 Å². The molecule has 0 atom stereocenters. The molecule has 0 radical (unpaired) electrons. The molecule has 34 heavy (non-hydrogen) atoms. The molecule has 0 saturated carbocycles. The van der Waals surface area contributed by atoms with E-state index in [0.717, 1.165) is 12.1 Å². The van der Waals surface area contributed by atoms with Crippen LogP contribution in [0.25, 0.3) is 11.3 Å². The molecule has 12 heteroatoms. The van der Waals surface area contributed by atoms with Gasteiger partial charge in [0, 0.05) is 22.9 Å². The first kappa shape index (κ1) is 23.2. The maximum Gasteiger partial charge on any atom is 0.416 e. The van der Waals surface area contributed by atoms with Crippen molar-refractivity contribution in [2.24, 2.45) is 0 Å². The van der Waals surface area contributed by atoms with E-state index in [1.165, 1.54) is 48.8 Å². The Bertz CT molecular complexity index is 1430. The van der Waals surface area contributed by atoms with Gasteiger partial charge >= 0.3 is 6.18 Å². The minimum atomic E-state index is -4.47. The maximum atomic E-state index is 13.0. The SMILES string of the molecule is Cc1noc(NS(=O)(=O)c2ccc(Nc3cc(-c4cccc(C(F)(F)F)c4)ncn3)cc2)c1C. The van der Waals surface area contributed by atoms with Crippen LogP contribution in [-0.2, 0) is 16.2 Å². The molecule has 2 heterocycles. The van der Waals surface area contributed by atoms with Crippen LogP contribution in [0.5, 0.6) is 0 Å². The van der Waals surface area contributed by atoms with Crippen LogP contribution in [0.1, 0.15) is 16.8 Å². The summed E-state index contributed by atoms with van der Waals surface area (Å²) in [6.45, 7) is 3.38. The van der Waals surface area contributed by atoms with Gasteiger partial charge in [-0.05, 0) is 50.2 Å². The minimum absolute atomic E-state index is 0.00107. The van der Waals surface area contributed by atoms with E-state index in [-0.39, 0.29) is 16.3 Å². The predicted molar refractivity (Wildman–Crippen MR) is 119 cm³/mol. The van der Waals surface area contributed by atoms with Gasteiger partial charge in [-0.1, -0.05) is 17.3 Å². The standard InChI is InChI=1S/C22H18F3N5O3S/c1-13-14(2)29-33-21(13)30-34(31,32)18-8-6-17(7-9-18)28-20-11-19(26-12-27-20)15-4-3-5-16(10-15)22(23,24)25/h3-12,30H,1-2H3,(H,26,27,28). The Kier molecular flexibility index (Phi) is 6.00. The Morgan fingerprint density at radius 2 is 1.71 bits per heavy atom. The fraction of sp³-hybridized carbons (Fsp3) is 0.136. The zero-order valence-electron chi connectivity index (χ0n) is 17.9. The van der Waals surface area contributed by atoms with Gasteiger partial charge in [-0.2, -0.15) is 13.2 Å². The third kappa shape index (κ3) is 5.01. The summed E-state index contributed by atoms with van der Waals surface area (Å²) < 4.78 is 71.6. The topological polar surface area (TPSA) is 110 Å². The lowest BCUT2D eigenvalue weighted by molar-refractivity contribution is -0.137. The van der Waals surface area contributed by atoms with E-state index in [2.05, 4.69) is 25.2 Å². The van der Waals surface area contributed by atoms with Crippen molar-refractivity contribution in [3.63, 3.8) is 0 Å². The highest BCUT2D eigenvalue weighted by Crippen LogP contribution is 2.32. The molecule has 0 amide bonds. The third-order valence-electron chi connectivity index (χ3n) is 4.97. The lowest BCUT2D eigenvalue weighted by Gasteiger charge is -2.10. The zero-order valence-corrected chi connectivity index (χ0v) is 18.7. The van der Waals surface area contributed by atoms with Crippen molar-refractivity contribution in [1.29, 1.82) is 0 Å². The highest BCUT2D eigenvalue weighted by atomic mass is 32.2. The van der Waals surface area contributed by atoms with Gasteiger partial charge in [0.25, 0.3) is 10.0 Å². The van der Waals surface area contributed by atoms with Crippen molar-refractivity contribution in [3.05, 3.63) is 77.7 Å². The van der Waals surface area contributed by atoms with Gasteiger partial charge in [-0.15, -0.1) is 0 Å². The molecular formula is C22H18F3N5O3S. The molecule has 8 nitrogen and oxygen atoms in total. The normalized spacial score (nSPS) is 11.9. The predicted octanol–water partition coefficient (Wildman–Crippen LogP) is 5.31. The number of aromatic nitrogens is 3. The lowest BCUT2D eigenvalue weighted by Crippen LogP contribution is -2.13. The largest absolute Gasteiger partial charge is 0.416 e. The third-order valence-corrected chi connectivity index (χ3v) is 6.32. The molecule has 0 bridgehead atoms. The van der Waals surface area contributed by atoms with Crippen molar-refractivity contribution in [3.8, 4) is 11.3 Å². The van der Waals surface area contributed by atoms with Crippen LogP contribution < -0.4 is 10.0 Å². The van der Waals surface area contributed by atoms with Crippen molar-refractivity contribution >= 4 is 27.4 Å². The smallest absolute Gasteiger partial charge is 0.340 e. The maximum absolute atomic E-state index is 13.0. The molecule has 4 rings (SSSR count). The summed E-state index contributed by atoms with van der Waals surface area (Å²) in [5.74, 6) is 0.367. The number of hydrogen-bond donors (Lipinski definition) is 2. The molecule has 2 N–H and O–H groups in total. The number of aryl methyl sites for hydroxylation is 1. The van der Waals surface area contributed by atoms with Crippen LogP contribution in [0.4, 0.5) is 30.6 Å². The summed E-state index contributed by atoms with van der Waals surface area (Å²) in [5.41, 5.74) is 1.47. The molecule has 0 aliphatic rings. The first-order valence-electron chi connectivity index (χ1n) is 9.85. The summed E-state index contributed by atoms with van der Waals surface area (Å²) in [4.78, 5) is 8.12. The zero-order chi connectivity index (χ0) is 24.5. The first-order valence-corrected chi connectivity index (χ1v) is 11.3. The molecule has 2 aromatic carbocycles. The van der Waals surface area contributed by atoms with Crippen molar-refractivity contribution < 1.29 is 26.1 Å². The highest BCUT2D eigenvalue weighted by Gasteiger charge is 2.30. The van der Waals surface area contributed by atoms with E-state index in [1.54, 1.807) is 13.8 Å². The van der Waals surface area contributed by atoms with Crippen LogP contribution in [0.15, 0.2) is 70.3 Å². The Labute approximate surface area is 192 Å². The molecule has 0 spiro atoms. The van der Waals surface area contributed by atoms with Gasteiger partial charge < -0.3 is 9.84 Å². The van der Waals surface area contributed by atoms with E-state index < -0.39 is 21.8 Å². The number of rotatable bonds is 6. The molecule has 2 aromatic heterocycles. The Hall–Kier alpha value is -3.93. The summed E-state index contributed by atoms with van der Waals surface area (Å²) in [7, 11) is -3.90. The molecular weight excluding hydrogens is 471 g/mol. The first-order chi connectivity index (χ1) is 16.0. The number of alkyl halides is 3. The Morgan fingerprint density at radius 1 is 0.971 bits per heavy atom.